The van der Waals surface area contributed by atoms with Crippen molar-refractivity contribution >= 4 is 5.57 Å². The summed E-state index contributed by atoms with van der Waals surface area (Å²) in [5.74, 6) is 0. The molecule has 0 amide bonds. The molecule has 0 aliphatic heterocycles. The molecule has 1 heteroatoms. The van der Waals surface area contributed by atoms with E-state index in [9.17, 15) is 0 Å². The number of hydrogen-bond donors (Lipinski definition) is 1. The maximum absolute atomic E-state index is 8.75. The number of hydrogen-bond acceptors (Lipinski definition) is 1. The molecule has 0 atom stereocenters. The van der Waals surface area contributed by atoms with Crippen LogP contribution in [-0.4, -0.2) is 11.7 Å². The van der Waals surface area contributed by atoms with Gasteiger partial charge < -0.3 is 5.11 Å². The number of aliphatic hydroxyl groups is 1. The van der Waals surface area contributed by atoms with Crippen molar-refractivity contribution in [2.45, 2.75) is 13.3 Å². The molecule has 1 aromatic carbocycles. The fourth-order valence-electron chi connectivity index (χ4n) is 1.23. The van der Waals surface area contributed by atoms with Crippen LogP contribution in [0.15, 0.2) is 36.4 Å². The summed E-state index contributed by atoms with van der Waals surface area (Å²) in [6.07, 6.45) is 2.82. The van der Waals surface area contributed by atoms with E-state index in [1.54, 1.807) is 0 Å². The van der Waals surface area contributed by atoms with Gasteiger partial charge in [-0.1, -0.05) is 43.3 Å². The highest BCUT2D eigenvalue weighted by Gasteiger charge is 1.95. The number of allylic oxidation sites excluding steroid dienone is 1. The second-order valence-electron chi connectivity index (χ2n) is 2.63. The van der Waals surface area contributed by atoms with E-state index in [1.165, 1.54) is 11.1 Å². The standard InChI is InChI=1S/C11H14O/c1-2-10(8-9-12)11-6-4-3-5-7-11/h3-8,12H,2,9H2,1H3/b10-8-. The van der Waals surface area contributed by atoms with Crippen molar-refractivity contribution in [3.05, 3.63) is 42.0 Å². The summed E-state index contributed by atoms with van der Waals surface area (Å²) in [4.78, 5) is 0. The molecular formula is C11H14O. The first-order valence-electron chi connectivity index (χ1n) is 4.23. The minimum atomic E-state index is 0.123. The first kappa shape index (κ1) is 9.01. The van der Waals surface area contributed by atoms with Crippen LogP contribution in [0.5, 0.6) is 0 Å². The molecule has 0 spiro atoms. The maximum atomic E-state index is 8.75. The third-order valence-corrected chi connectivity index (χ3v) is 1.86. The van der Waals surface area contributed by atoms with E-state index in [0.29, 0.717) is 0 Å². The lowest BCUT2D eigenvalue weighted by molar-refractivity contribution is 0.343. The van der Waals surface area contributed by atoms with Gasteiger partial charge in [0.25, 0.3) is 0 Å². The van der Waals surface area contributed by atoms with E-state index in [2.05, 4.69) is 19.1 Å². The third-order valence-electron chi connectivity index (χ3n) is 1.86. The average molecular weight is 162 g/mol. The highest BCUT2D eigenvalue weighted by atomic mass is 16.2. The van der Waals surface area contributed by atoms with Crippen LogP contribution in [0.2, 0.25) is 0 Å². The topological polar surface area (TPSA) is 20.2 Å². The third kappa shape index (κ3) is 2.21. The molecule has 0 saturated carbocycles. The molecule has 0 unspecified atom stereocenters. The van der Waals surface area contributed by atoms with Crippen LogP contribution in [0.4, 0.5) is 0 Å². The number of benzene rings is 1. The Morgan fingerprint density at radius 1 is 1.33 bits per heavy atom. The van der Waals surface area contributed by atoms with Gasteiger partial charge in [-0.15, -0.1) is 0 Å². The number of rotatable bonds is 3. The Labute approximate surface area is 73.4 Å². The van der Waals surface area contributed by atoms with Crippen LogP contribution in [-0.2, 0) is 0 Å². The first-order valence-corrected chi connectivity index (χ1v) is 4.23. The molecule has 1 aromatic rings. The van der Waals surface area contributed by atoms with Crippen molar-refractivity contribution < 1.29 is 5.11 Å². The summed E-state index contributed by atoms with van der Waals surface area (Å²) in [5, 5.41) is 8.75. The molecule has 1 N–H and O–H groups in total. The highest BCUT2D eigenvalue weighted by molar-refractivity contribution is 5.65. The average Bonchev–Trinajstić information content (AvgIpc) is 2.15. The predicted molar refractivity (Wildman–Crippen MR) is 51.8 cm³/mol. The van der Waals surface area contributed by atoms with E-state index >= 15 is 0 Å². The van der Waals surface area contributed by atoms with Crippen molar-refractivity contribution in [2.24, 2.45) is 0 Å². The van der Waals surface area contributed by atoms with Gasteiger partial charge >= 0.3 is 0 Å². The zero-order valence-electron chi connectivity index (χ0n) is 7.33. The van der Waals surface area contributed by atoms with Gasteiger partial charge in [-0.05, 0) is 17.6 Å². The van der Waals surface area contributed by atoms with Crippen molar-refractivity contribution in [1.29, 1.82) is 0 Å². The number of aliphatic hydroxyl groups excluding tert-OH is 1. The second kappa shape index (κ2) is 4.73. The van der Waals surface area contributed by atoms with Gasteiger partial charge in [0, 0.05) is 0 Å². The van der Waals surface area contributed by atoms with E-state index < -0.39 is 0 Å². The van der Waals surface area contributed by atoms with Crippen LogP contribution < -0.4 is 0 Å². The van der Waals surface area contributed by atoms with Gasteiger partial charge in [0.2, 0.25) is 0 Å². The summed E-state index contributed by atoms with van der Waals surface area (Å²) < 4.78 is 0. The molecule has 0 bridgehead atoms. The fourth-order valence-corrected chi connectivity index (χ4v) is 1.23. The minimum absolute atomic E-state index is 0.123. The molecule has 12 heavy (non-hydrogen) atoms. The van der Waals surface area contributed by atoms with Crippen LogP contribution >= 0.6 is 0 Å². The zero-order valence-corrected chi connectivity index (χ0v) is 7.33. The Bertz CT molecular complexity index is 249. The van der Waals surface area contributed by atoms with Gasteiger partial charge in [-0.3, -0.25) is 0 Å². The molecule has 0 aliphatic carbocycles. The normalized spacial score (nSPS) is 11.7. The molecule has 0 fully saturated rings. The van der Waals surface area contributed by atoms with Gasteiger partial charge in [-0.2, -0.15) is 0 Å². The van der Waals surface area contributed by atoms with Gasteiger partial charge in [-0.25, -0.2) is 0 Å². The minimum Gasteiger partial charge on any atom is -0.392 e. The van der Waals surface area contributed by atoms with Crippen LogP contribution in [0, 0.1) is 0 Å². The quantitative estimate of drug-likeness (QED) is 0.724. The first-order chi connectivity index (χ1) is 5.88. The predicted octanol–water partition coefficient (Wildman–Crippen LogP) is 2.47. The largest absolute Gasteiger partial charge is 0.392 e. The van der Waals surface area contributed by atoms with Crippen LogP contribution in [0.25, 0.3) is 5.57 Å². The lowest BCUT2D eigenvalue weighted by atomic mass is 10.0. The maximum Gasteiger partial charge on any atom is 0.0618 e. The van der Waals surface area contributed by atoms with Crippen molar-refractivity contribution in [2.75, 3.05) is 6.61 Å². The Kier molecular flexibility index (Phi) is 3.55. The van der Waals surface area contributed by atoms with E-state index in [1.807, 2.05) is 24.3 Å². The molecular weight excluding hydrogens is 148 g/mol. The molecule has 0 heterocycles. The van der Waals surface area contributed by atoms with Crippen molar-refractivity contribution in [1.82, 2.24) is 0 Å². The highest BCUT2D eigenvalue weighted by Crippen LogP contribution is 2.16. The summed E-state index contributed by atoms with van der Waals surface area (Å²) in [7, 11) is 0. The van der Waals surface area contributed by atoms with E-state index in [-0.39, 0.29) is 6.61 Å². The molecule has 0 aliphatic rings. The van der Waals surface area contributed by atoms with Crippen LogP contribution in [0.1, 0.15) is 18.9 Å². The van der Waals surface area contributed by atoms with Gasteiger partial charge in [0.1, 0.15) is 0 Å². The Morgan fingerprint density at radius 2 is 2.00 bits per heavy atom. The van der Waals surface area contributed by atoms with E-state index in [0.717, 1.165) is 6.42 Å². The lowest BCUT2D eigenvalue weighted by Gasteiger charge is -2.02. The smallest absolute Gasteiger partial charge is 0.0618 e. The van der Waals surface area contributed by atoms with E-state index in [4.69, 9.17) is 5.11 Å². The molecule has 1 rings (SSSR count). The second-order valence-corrected chi connectivity index (χ2v) is 2.63. The summed E-state index contributed by atoms with van der Waals surface area (Å²) in [6.45, 7) is 2.21. The zero-order chi connectivity index (χ0) is 8.81. The summed E-state index contributed by atoms with van der Waals surface area (Å²) in [6, 6.07) is 10.1. The van der Waals surface area contributed by atoms with Crippen molar-refractivity contribution in [3.8, 4) is 0 Å². The molecule has 0 aromatic heterocycles. The van der Waals surface area contributed by atoms with Crippen molar-refractivity contribution in [3.63, 3.8) is 0 Å². The Morgan fingerprint density at radius 3 is 2.50 bits per heavy atom. The monoisotopic (exact) mass is 162 g/mol. The lowest BCUT2D eigenvalue weighted by Crippen LogP contribution is -1.84. The molecule has 1 nitrogen and oxygen atoms in total. The van der Waals surface area contributed by atoms with Gasteiger partial charge in [0.05, 0.1) is 6.61 Å². The Balaban J connectivity index is 2.88. The van der Waals surface area contributed by atoms with Crippen LogP contribution in [0.3, 0.4) is 0 Å². The fraction of sp³-hybridized carbons (Fsp3) is 0.273. The summed E-state index contributed by atoms with van der Waals surface area (Å²) >= 11 is 0. The molecule has 0 saturated heterocycles. The molecule has 64 valence electrons. The summed E-state index contributed by atoms with van der Waals surface area (Å²) in [5.41, 5.74) is 2.41. The Hall–Kier alpha value is -1.08. The van der Waals surface area contributed by atoms with Gasteiger partial charge in [0.15, 0.2) is 0 Å². The molecule has 0 radical (unpaired) electrons. The SMILES string of the molecule is CC/C(=C/CO)c1ccccc1.